The summed E-state index contributed by atoms with van der Waals surface area (Å²) < 4.78 is 0. The fraction of sp³-hybridized carbons (Fsp3) is 0.118. The summed E-state index contributed by atoms with van der Waals surface area (Å²) in [6.07, 6.45) is 1.48. The second-order valence-corrected chi connectivity index (χ2v) is 6.01. The topological polar surface area (TPSA) is 96.5 Å². The van der Waals surface area contributed by atoms with Crippen LogP contribution in [0.25, 0.3) is 10.8 Å². The number of anilines is 2. The highest BCUT2D eigenvalue weighted by atomic mass is 35.5. The van der Waals surface area contributed by atoms with Crippen molar-refractivity contribution in [3.63, 3.8) is 0 Å². The van der Waals surface area contributed by atoms with Crippen LogP contribution in [0.3, 0.4) is 0 Å². The Balaban J connectivity index is 1.87. The molecule has 0 fully saturated rings. The molecule has 8 nitrogen and oxygen atoms in total. The van der Waals surface area contributed by atoms with Crippen LogP contribution in [0.15, 0.2) is 47.6 Å². The highest BCUT2D eigenvalue weighted by Crippen LogP contribution is 2.27. The number of halogens is 1. The number of hydrazone groups is 1. The highest BCUT2D eigenvalue weighted by molar-refractivity contribution is 6.34. The van der Waals surface area contributed by atoms with Crippen LogP contribution in [-0.2, 0) is 0 Å². The molecule has 132 valence electrons. The fourth-order valence-corrected chi connectivity index (χ4v) is 2.67. The van der Waals surface area contributed by atoms with E-state index in [2.05, 4.69) is 20.7 Å². The van der Waals surface area contributed by atoms with Crippen molar-refractivity contribution in [3.8, 4) is 0 Å². The van der Waals surface area contributed by atoms with Crippen LogP contribution >= 0.6 is 11.6 Å². The number of nitrogens with one attached hydrogen (secondary N) is 1. The zero-order valence-corrected chi connectivity index (χ0v) is 14.8. The van der Waals surface area contributed by atoms with E-state index in [4.69, 9.17) is 11.6 Å². The molecule has 0 atom stereocenters. The molecule has 26 heavy (non-hydrogen) atoms. The van der Waals surface area contributed by atoms with Gasteiger partial charge in [-0.2, -0.15) is 5.10 Å². The van der Waals surface area contributed by atoms with Gasteiger partial charge in [-0.25, -0.2) is 0 Å². The predicted octanol–water partition coefficient (Wildman–Crippen LogP) is 3.70. The van der Waals surface area contributed by atoms with E-state index in [1.807, 2.05) is 24.3 Å². The molecule has 0 spiro atoms. The number of benzene rings is 2. The summed E-state index contributed by atoms with van der Waals surface area (Å²) in [5.74, 6) is 0.445. The molecule has 0 aliphatic carbocycles. The van der Waals surface area contributed by atoms with Crippen molar-refractivity contribution in [2.45, 2.75) is 0 Å². The SMILES string of the molecule is CN(C)c1ccc(/C=N\Nc2nnc(Cl)c3ccccc23)cc1[N+](=O)[O-]. The Labute approximate surface area is 154 Å². The molecule has 0 unspecified atom stereocenters. The van der Waals surface area contributed by atoms with Crippen molar-refractivity contribution >= 4 is 45.8 Å². The van der Waals surface area contributed by atoms with E-state index >= 15 is 0 Å². The Hall–Kier alpha value is -3.26. The third-order valence-electron chi connectivity index (χ3n) is 3.70. The average Bonchev–Trinajstić information content (AvgIpc) is 2.63. The van der Waals surface area contributed by atoms with Crippen LogP contribution in [0.1, 0.15) is 5.56 Å². The quantitative estimate of drug-likeness (QED) is 0.418. The summed E-state index contributed by atoms with van der Waals surface area (Å²) in [4.78, 5) is 12.5. The third-order valence-corrected chi connectivity index (χ3v) is 3.98. The number of rotatable bonds is 5. The van der Waals surface area contributed by atoms with E-state index in [0.29, 0.717) is 22.2 Å². The maximum absolute atomic E-state index is 11.2. The lowest BCUT2D eigenvalue weighted by atomic mass is 10.2. The van der Waals surface area contributed by atoms with E-state index in [-0.39, 0.29) is 5.69 Å². The molecule has 0 saturated carbocycles. The lowest BCUT2D eigenvalue weighted by Gasteiger charge is -2.12. The van der Waals surface area contributed by atoms with Gasteiger partial charge in [0, 0.05) is 36.5 Å². The standard InChI is InChI=1S/C17H15ClN6O2/c1-23(2)14-8-7-11(9-15(14)24(25)26)10-19-21-17-13-6-4-3-5-12(13)16(18)20-22-17/h3-10H,1-2H3,(H,21,22)/b19-10-. The molecule has 0 saturated heterocycles. The largest absolute Gasteiger partial charge is 0.372 e. The smallest absolute Gasteiger partial charge is 0.293 e. The zero-order chi connectivity index (χ0) is 18.7. The molecule has 0 bridgehead atoms. The van der Waals surface area contributed by atoms with Gasteiger partial charge in [-0.15, -0.1) is 10.2 Å². The Morgan fingerprint density at radius 2 is 1.92 bits per heavy atom. The Morgan fingerprint density at radius 3 is 2.62 bits per heavy atom. The molecule has 0 radical (unpaired) electrons. The lowest BCUT2D eigenvalue weighted by molar-refractivity contribution is -0.384. The minimum absolute atomic E-state index is 0.00989. The number of aromatic nitrogens is 2. The fourth-order valence-electron chi connectivity index (χ4n) is 2.47. The van der Waals surface area contributed by atoms with Gasteiger partial charge in [-0.05, 0) is 6.07 Å². The summed E-state index contributed by atoms with van der Waals surface area (Å²) in [7, 11) is 3.50. The van der Waals surface area contributed by atoms with Gasteiger partial charge in [-0.1, -0.05) is 41.9 Å². The maximum atomic E-state index is 11.2. The van der Waals surface area contributed by atoms with E-state index in [0.717, 1.165) is 10.8 Å². The number of hydrogen-bond donors (Lipinski definition) is 1. The normalized spacial score (nSPS) is 11.0. The van der Waals surface area contributed by atoms with Crippen molar-refractivity contribution < 1.29 is 4.92 Å². The minimum Gasteiger partial charge on any atom is -0.372 e. The van der Waals surface area contributed by atoms with Crippen molar-refractivity contribution in [2.75, 3.05) is 24.4 Å². The average molecular weight is 371 g/mol. The highest BCUT2D eigenvalue weighted by Gasteiger charge is 2.15. The molecule has 1 N–H and O–H groups in total. The van der Waals surface area contributed by atoms with Crippen LogP contribution in [0.2, 0.25) is 5.15 Å². The molecule has 3 aromatic rings. The first kappa shape index (κ1) is 17.6. The summed E-state index contributed by atoms with van der Waals surface area (Å²) in [6, 6.07) is 12.3. The number of fused-ring (bicyclic) bond motifs is 1. The monoisotopic (exact) mass is 370 g/mol. The van der Waals surface area contributed by atoms with Gasteiger partial charge in [0.15, 0.2) is 11.0 Å². The van der Waals surface area contributed by atoms with Gasteiger partial charge in [0.05, 0.1) is 11.1 Å². The first-order valence-corrected chi connectivity index (χ1v) is 8.01. The Bertz CT molecular complexity index is 1010. The molecule has 0 aliphatic rings. The Kier molecular flexibility index (Phi) is 4.94. The second kappa shape index (κ2) is 7.32. The minimum atomic E-state index is -0.418. The van der Waals surface area contributed by atoms with Crippen molar-refractivity contribution in [3.05, 3.63) is 63.3 Å². The lowest BCUT2D eigenvalue weighted by Crippen LogP contribution is -2.11. The van der Waals surface area contributed by atoms with Gasteiger partial charge >= 0.3 is 0 Å². The van der Waals surface area contributed by atoms with E-state index < -0.39 is 4.92 Å². The molecule has 0 amide bonds. The molecule has 1 heterocycles. The van der Waals surface area contributed by atoms with Crippen LogP contribution in [-0.4, -0.2) is 35.4 Å². The Morgan fingerprint density at radius 1 is 1.19 bits per heavy atom. The number of hydrogen-bond acceptors (Lipinski definition) is 7. The van der Waals surface area contributed by atoms with E-state index in [9.17, 15) is 10.1 Å². The third kappa shape index (κ3) is 3.55. The van der Waals surface area contributed by atoms with Crippen LogP contribution in [0.5, 0.6) is 0 Å². The van der Waals surface area contributed by atoms with E-state index in [1.54, 1.807) is 31.1 Å². The molecule has 0 aliphatic heterocycles. The molecule has 3 rings (SSSR count). The van der Waals surface area contributed by atoms with Crippen LogP contribution in [0, 0.1) is 10.1 Å². The van der Waals surface area contributed by atoms with Gasteiger partial charge in [-0.3, -0.25) is 15.5 Å². The van der Waals surface area contributed by atoms with Crippen molar-refractivity contribution in [1.29, 1.82) is 0 Å². The number of nitro benzene ring substituents is 1. The summed E-state index contributed by atoms with van der Waals surface area (Å²) >= 11 is 6.04. The number of nitrogens with zero attached hydrogens (tertiary/aromatic N) is 5. The van der Waals surface area contributed by atoms with E-state index in [1.165, 1.54) is 12.3 Å². The first-order chi connectivity index (χ1) is 12.5. The summed E-state index contributed by atoms with van der Waals surface area (Å²) in [5, 5.41) is 25.1. The predicted molar refractivity (Wildman–Crippen MR) is 103 cm³/mol. The van der Waals surface area contributed by atoms with Gasteiger partial charge in [0.1, 0.15) is 5.69 Å². The van der Waals surface area contributed by atoms with Gasteiger partial charge in [0.25, 0.3) is 5.69 Å². The van der Waals surface area contributed by atoms with Crippen molar-refractivity contribution in [2.24, 2.45) is 5.10 Å². The molecular formula is C17H15ClN6O2. The zero-order valence-electron chi connectivity index (χ0n) is 14.0. The van der Waals surface area contributed by atoms with Crippen molar-refractivity contribution in [1.82, 2.24) is 10.2 Å². The summed E-state index contributed by atoms with van der Waals surface area (Å²) in [6.45, 7) is 0. The molecule has 1 aromatic heterocycles. The molecular weight excluding hydrogens is 356 g/mol. The molecule has 2 aromatic carbocycles. The van der Waals surface area contributed by atoms with Crippen LogP contribution in [0.4, 0.5) is 17.2 Å². The number of nitro groups is 1. The second-order valence-electron chi connectivity index (χ2n) is 5.65. The molecule has 9 heteroatoms. The van der Waals surface area contributed by atoms with Crippen LogP contribution < -0.4 is 10.3 Å². The maximum Gasteiger partial charge on any atom is 0.293 e. The first-order valence-electron chi connectivity index (χ1n) is 7.63. The summed E-state index contributed by atoms with van der Waals surface area (Å²) in [5.41, 5.74) is 3.92. The van der Waals surface area contributed by atoms with Gasteiger partial charge in [0.2, 0.25) is 0 Å². The van der Waals surface area contributed by atoms with Gasteiger partial charge < -0.3 is 4.90 Å².